The third-order valence-electron chi connectivity index (χ3n) is 4.19. The van der Waals surface area contributed by atoms with Crippen LogP contribution in [0.15, 0.2) is 8.94 Å². The van der Waals surface area contributed by atoms with Crippen LogP contribution >= 0.6 is 0 Å². The number of likely N-dealkylation sites (tertiary alicyclic amines) is 1. The summed E-state index contributed by atoms with van der Waals surface area (Å²) >= 11 is 0. The van der Waals surface area contributed by atoms with Crippen molar-refractivity contribution < 1.29 is 13.7 Å². The maximum absolute atomic E-state index is 12.8. The fraction of sp³-hybridized carbons (Fsp3) is 0.688. The quantitative estimate of drug-likeness (QED) is 0.848. The predicted octanol–water partition coefficient (Wildman–Crippen LogP) is 2.57. The zero-order valence-corrected chi connectivity index (χ0v) is 14.4. The van der Waals surface area contributed by atoms with Gasteiger partial charge < -0.3 is 13.8 Å². The predicted molar refractivity (Wildman–Crippen MR) is 84.0 cm³/mol. The molecule has 0 radical (unpaired) electrons. The molecule has 1 amide bonds. The van der Waals surface area contributed by atoms with Crippen LogP contribution in [-0.2, 0) is 11.2 Å². The number of amides is 1. The maximum atomic E-state index is 12.8. The summed E-state index contributed by atoms with van der Waals surface area (Å²) in [6.07, 6.45) is 4.05. The third-order valence-corrected chi connectivity index (χ3v) is 4.19. The summed E-state index contributed by atoms with van der Waals surface area (Å²) in [6, 6.07) is -0.153. The first-order chi connectivity index (χ1) is 11.5. The fourth-order valence-corrected chi connectivity index (χ4v) is 2.93. The second-order valence-corrected chi connectivity index (χ2v) is 6.49. The van der Waals surface area contributed by atoms with E-state index < -0.39 is 0 Å². The van der Waals surface area contributed by atoms with Crippen molar-refractivity contribution in [1.29, 1.82) is 0 Å². The SMILES string of the molecule is Cc1nnc(CC(=O)N2CCCCCC2c2noc(C(C)C)n2)o1. The van der Waals surface area contributed by atoms with Gasteiger partial charge in [-0.05, 0) is 12.8 Å². The van der Waals surface area contributed by atoms with E-state index >= 15 is 0 Å². The average molecular weight is 333 g/mol. The molecule has 2 aromatic rings. The molecule has 0 spiro atoms. The van der Waals surface area contributed by atoms with Gasteiger partial charge in [0.2, 0.25) is 23.6 Å². The molecule has 3 rings (SSSR count). The van der Waals surface area contributed by atoms with Gasteiger partial charge in [0, 0.05) is 19.4 Å². The van der Waals surface area contributed by atoms with Crippen molar-refractivity contribution in [2.45, 2.75) is 64.8 Å². The molecule has 130 valence electrons. The Hall–Kier alpha value is -2.25. The van der Waals surface area contributed by atoms with Crippen molar-refractivity contribution >= 4 is 5.91 Å². The van der Waals surface area contributed by atoms with E-state index in [1.807, 2.05) is 18.7 Å². The highest BCUT2D eigenvalue weighted by Gasteiger charge is 2.31. The fourth-order valence-electron chi connectivity index (χ4n) is 2.93. The van der Waals surface area contributed by atoms with Crippen LogP contribution in [0.25, 0.3) is 0 Å². The number of hydrogen-bond acceptors (Lipinski definition) is 7. The van der Waals surface area contributed by atoms with Crippen molar-refractivity contribution in [3.8, 4) is 0 Å². The monoisotopic (exact) mass is 333 g/mol. The van der Waals surface area contributed by atoms with Gasteiger partial charge in [0.15, 0.2) is 5.82 Å². The lowest BCUT2D eigenvalue weighted by molar-refractivity contribution is -0.133. The van der Waals surface area contributed by atoms with Gasteiger partial charge in [-0.3, -0.25) is 4.79 Å². The molecule has 0 saturated carbocycles. The van der Waals surface area contributed by atoms with Gasteiger partial charge in [-0.15, -0.1) is 10.2 Å². The van der Waals surface area contributed by atoms with E-state index in [9.17, 15) is 4.79 Å². The molecule has 24 heavy (non-hydrogen) atoms. The zero-order chi connectivity index (χ0) is 17.1. The smallest absolute Gasteiger partial charge is 0.232 e. The minimum absolute atomic E-state index is 0.0403. The minimum Gasteiger partial charge on any atom is -0.425 e. The van der Waals surface area contributed by atoms with Crippen LogP contribution in [-0.4, -0.2) is 37.7 Å². The standard InChI is InChI=1S/C16H23N5O3/c1-10(2)16-17-15(20-24-16)12-7-5-4-6-8-21(12)14(22)9-13-19-18-11(3)23-13/h10,12H,4-9H2,1-3H3. The number of hydrogen-bond donors (Lipinski definition) is 0. The third kappa shape index (κ3) is 3.63. The molecular weight excluding hydrogens is 310 g/mol. The van der Waals surface area contributed by atoms with Crippen LogP contribution in [0.1, 0.15) is 75.0 Å². The highest BCUT2D eigenvalue weighted by Crippen LogP contribution is 2.29. The van der Waals surface area contributed by atoms with Gasteiger partial charge >= 0.3 is 0 Å². The number of aromatic nitrogens is 4. The van der Waals surface area contributed by atoms with E-state index in [0.29, 0.717) is 30.0 Å². The first-order valence-corrected chi connectivity index (χ1v) is 8.46. The molecule has 1 saturated heterocycles. The maximum Gasteiger partial charge on any atom is 0.232 e. The number of nitrogens with zero attached hydrogens (tertiary/aromatic N) is 5. The first-order valence-electron chi connectivity index (χ1n) is 8.46. The number of rotatable bonds is 4. The van der Waals surface area contributed by atoms with Crippen LogP contribution in [0.5, 0.6) is 0 Å². The van der Waals surface area contributed by atoms with Crippen molar-refractivity contribution in [3.05, 3.63) is 23.5 Å². The Balaban J connectivity index is 1.79. The summed E-state index contributed by atoms with van der Waals surface area (Å²) in [5.41, 5.74) is 0. The lowest BCUT2D eigenvalue weighted by Gasteiger charge is -2.27. The highest BCUT2D eigenvalue weighted by atomic mass is 16.5. The molecule has 1 unspecified atom stereocenters. The molecule has 1 aliphatic rings. The summed E-state index contributed by atoms with van der Waals surface area (Å²) in [4.78, 5) is 19.1. The van der Waals surface area contributed by atoms with Crippen molar-refractivity contribution in [2.75, 3.05) is 6.54 Å². The second-order valence-electron chi connectivity index (χ2n) is 6.49. The molecule has 1 fully saturated rings. The lowest BCUT2D eigenvalue weighted by Crippen LogP contribution is -2.36. The van der Waals surface area contributed by atoms with Crippen LogP contribution in [0, 0.1) is 6.92 Å². The number of carbonyl (C=O) groups excluding carboxylic acids is 1. The van der Waals surface area contributed by atoms with Crippen LogP contribution in [0.2, 0.25) is 0 Å². The number of aryl methyl sites for hydroxylation is 1. The van der Waals surface area contributed by atoms with E-state index in [0.717, 1.165) is 25.7 Å². The van der Waals surface area contributed by atoms with Crippen LogP contribution in [0.4, 0.5) is 0 Å². The summed E-state index contributed by atoms with van der Waals surface area (Å²) < 4.78 is 10.7. The zero-order valence-electron chi connectivity index (χ0n) is 14.4. The Morgan fingerprint density at radius 1 is 1.29 bits per heavy atom. The Morgan fingerprint density at radius 3 is 2.79 bits per heavy atom. The molecule has 3 heterocycles. The van der Waals surface area contributed by atoms with E-state index in [1.54, 1.807) is 6.92 Å². The minimum atomic E-state index is -0.153. The van der Waals surface area contributed by atoms with E-state index in [1.165, 1.54) is 0 Å². The molecule has 0 bridgehead atoms. The molecule has 2 aromatic heterocycles. The van der Waals surface area contributed by atoms with Gasteiger partial charge in [0.1, 0.15) is 6.42 Å². The molecule has 1 aliphatic heterocycles. The van der Waals surface area contributed by atoms with E-state index in [4.69, 9.17) is 8.94 Å². The Kier molecular flexibility index (Phi) is 4.92. The number of carbonyl (C=O) groups is 1. The molecule has 1 atom stereocenters. The summed E-state index contributed by atoms with van der Waals surface area (Å²) in [6.45, 7) is 6.40. The summed E-state index contributed by atoms with van der Waals surface area (Å²) in [7, 11) is 0. The van der Waals surface area contributed by atoms with Gasteiger partial charge in [0.25, 0.3) is 0 Å². The van der Waals surface area contributed by atoms with Crippen LogP contribution < -0.4 is 0 Å². The van der Waals surface area contributed by atoms with Crippen molar-refractivity contribution in [1.82, 2.24) is 25.2 Å². The Morgan fingerprint density at radius 2 is 2.12 bits per heavy atom. The molecule has 8 heteroatoms. The van der Waals surface area contributed by atoms with Crippen LogP contribution in [0.3, 0.4) is 0 Å². The van der Waals surface area contributed by atoms with Gasteiger partial charge in [-0.2, -0.15) is 4.98 Å². The van der Waals surface area contributed by atoms with Gasteiger partial charge in [-0.25, -0.2) is 0 Å². The Bertz CT molecular complexity index is 693. The summed E-state index contributed by atoms with van der Waals surface area (Å²) in [5.74, 6) is 2.13. The normalized spacial score (nSPS) is 18.8. The van der Waals surface area contributed by atoms with Gasteiger partial charge in [-0.1, -0.05) is 31.8 Å². The molecular formula is C16H23N5O3. The van der Waals surface area contributed by atoms with E-state index in [-0.39, 0.29) is 24.3 Å². The summed E-state index contributed by atoms with van der Waals surface area (Å²) in [5, 5.41) is 11.8. The lowest BCUT2D eigenvalue weighted by atomic mass is 10.1. The largest absolute Gasteiger partial charge is 0.425 e. The van der Waals surface area contributed by atoms with Crippen molar-refractivity contribution in [3.63, 3.8) is 0 Å². The van der Waals surface area contributed by atoms with Gasteiger partial charge in [0.05, 0.1) is 6.04 Å². The first kappa shape index (κ1) is 16.6. The molecule has 0 aromatic carbocycles. The topological polar surface area (TPSA) is 98.2 Å². The average Bonchev–Trinajstić information content (AvgIpc) is 3.10. The van der Waals surface area contributed by atoms with E-state index in [2.05, 4.69) is 20.3 Å². The van der Waals surface area contributed by atoms with Crippen molar-refractivity contribution in [2.24, 2.45) is 0 Å². The molecule has 0 N–H and O–H groups in total. The Labute approximate surface area is 140 Å². The molecule has 8 nitrogen and oxygen atoms in total. The second kappa shape index (κ2) is 7.11. The highest BCUT2D eigenvalue weighted by molar-refractivity contribution is 5.78. The molecule has 0 aliphatic carbocycles.